The molecule has 0 amide bonds. The lowest BCUT2D eigenvalue weighted by atomic mass is 9.71. The van der Waals surface area contributed by atoms with Crippen molar-refractivity contribution in [3.63, 3.8) is 0 Å². The van der Waals surface area contributed by atoms with Crippen molar-refractivity contribution in [3.05, 3.63) is 58.9 Å². The fourth-order valence-electron chi connectivity index (χ4n) is 7.45. The van der Waals surface area contributed by atoms with Crippen LogP contribution in [0.3, 0.4) is 0 Å². The first-order valence-electron chi connectivity index (χ1n) is 12.1. The van der Waals surface area contributed by atoms with Gasteiger partial charge in [-0.25, -0.2) is 0 Å². The Morgan fingerprint density at radius 2 is 1.90 bits per heavy atom. The van der Waals surface area contributed by atoms with Crippen LogP contribution in [0.2, 0.25) is 0 Å². The van der Waals surface area contributed by atoms with Gasteiger partial charge in [0.15, 0.2) is 0 Å². The lowest BCUT2D eigenvalue weighted by molar-refractivity contribution is 0.0871. The van der Waals surface area contributed by atoms with Gasteiger partial charge in [-0.05, 0) is 79.1 Å². The number of hydrogen-bond donors (Lipinski definition) is 1. The molecule has 2 heteroatoms. The summed E-state index contributed by atoms with van der Waals surface area (Å²) in [5.41, 5.74) is 5.20. The topological polar surface area (TPSA) is 21.3 Å². The number of rotatable bonds is 2. The quantitative estimate of drug-likeness (QED) is 0.585. The van der Waals surface area contributed by atoms with Crippen molar-refractivity contribution >= 4 is 0 Å². The second kappa shape index (κ2) is 6.74. The molecule has 0 aromatic heterocycles. The number of ether oxygens (including phenoxy) is 1. The van der Waals surface area contributed by atoms with Crippen LogP contribution in [0.1, 0.15) is 65.2 Å². The van der Waals surface area contributed by atoms with Gasteiger partial charge in [-0.3, -0.25) is 0 Å². The van der Waals surface area contributed by atoms with Crippen LogP contribution in [0.5, 0.6) is 0 Å². The first-order chi connectivity index (χ1) is 14.1. The molecule has 2 saturated carbocycles. The maximum absolute atomic E-state index is 6.41. The average Bonchev–Trinajstić information content (AvgIpc) is 3.23. The van der Waals surface area contributed by atoms with Crippen LogP contribution in [0, 0.1) is 23.2 Å². The molecule has 5 aliphatic carbocycles. The van der Waals surface area contributed by atoms with E-state index in [9.17, 15) is 0 Å². The highest BCUT2D eigenvalue weighted by atomic mass is 16.5. The van der Waals surface area contributed by atoms with Crippen molar-refractivity contribution in [3.8, 4) is 0 Å². The van der Waals surface area contributed by atoms with Crippen LogP contribution in [0.4, 0.5) is 0 Å². The van der Waals surface area contributed by atoms with Crippen molar-refractivity contribution in [2.75, 3.05) is 0 Å². The molecule has 0 spiro atoms. The Morgan fingerprint density at radius 3 is 2.83 bits per heavy atom. The monoisotopic (exact) mass is 389 g/mol. The van der Waals surface area contributed by atoms with Gasteiger partial charge in [0, 0.05) is 23.9 Å². The van der Waals surface area contributed by atoms with Crippen molar-refractivity contribution in [2.45, 2.75) is 83.4 Å². The van der Waals surface area contributed by atoms with Gasteiger partial charge in [-0.15, -0.1) is 0 Å². The first kappa shape index (κ1) is 18.2. The Morgan fingerprint density at radius 1 is 1.03 bits per heavy atom. The highest BCUT2D eigenvalue weighted by Crippen LogP contribution is 2.59. The third-order valence-corrected chi connectivity index (χ3v) is 8.80. The van der Waals surface area contributed by atoms with E-state index in [0.717, 1.165) is 12.3 Å². The predicted octanol–water partition coefficient (Wildman–Crippen LogP) is 5.99. The predicted molar refractivity (Wildman–Crippen MR) is 118 cm³/mol. The van der Waals surface area contributed by atoms with E-state index < -0.39 is 0 Å². The van der Waals surface area contributed by atoms with Gasteiger partial charge in [0.25, 0.3) is 0 Å². The minimum Gasteiger partial charge on any atom is -0.490 e. The molecule has 0 saturated heterocycles. The highest BCUT2D eigenvalue weighted by Gasteiger charge is 2.52. The van der Waals surface area contributed by atoms with Crippen molar-refractivity contribution < 1.29 is 4.74 Å². The molecule has 1 N–H and O–H groups in total. The Labute approximate surface area is 175 Å². The van der Waals surface area contributed by atoms with E-state index in [1.165, 1.54) is 50.7 Å². The molecule has 6 aliphatic rings. The van der Waals surface area contributed by atoms with Gasteiger partial charge in [-0.1, -0.05) is 50.6 Å². The second-order valence-electron chi connectivity index (χ2n) is 10.6. The van der Waals surface area contributed by atoms with Crippen LogP contribution >= 0.6 is 0 Å². The van der Waals surface area contributed by atoms with Crippen LogP contribution in [0.15, 0.2) is 58.9 Å². The molecule has 2 nitrogen and oxygen atoms in total. The summed E-state index contributed by atoms with van der Waals surface area (Å²) < 4.78 is 6.41. The van der Waals surface area contributed by atoms with Crippen LogP contribution in [-0.2, 0) is 4.74 Å². The summed E-state index contributed by atoms with van der Waals surface area (Å²) in [6.45, 7) is 4.97. The lowest BCUT2D eigenvalue weighted by Crippen LogP contribution is -2.47. The molecular formula is C27H35NO. The van der Waals surface area contributed by atoms with E-state index in [-0.39, 0.29) is 0 Å². The number of nitrogens with one attached hydrogen (secondary N) is 1. The summed E-state index contributed by atoms with van der Waals surface area (Å²) in [5, 5.41) is 4.16. The minimum absolute atomic E-state index is 0.295. The normalized spacial score (nSPS) is 41.7. The largest absolute Gasteiger partial charge is 0.490 e. The molecule has 0 bridgehead atoms. The van der Waals surface area contributed by atoms with Crippen molar-refractivity contribution in [2.24, 2.45) is 23.2 Å². The Kier molecular flexibility index (Phi) is 4.24. The summed E-state index contributed by atoms with van der Waals surface area (Å²) in [6, 6.07) is 0.882. The maximum Gasteiger partial charge on any atom is 0.120 e. The smallest absolute Gasteiger partial charge is 0.120 e. The highest BCUT2D eigenvalue weighted by molar-refractivity contribution is 5.49. The summed E-state index contributed by atoms with van der Waals surface area (Å²) in [7, 11) is 0. The van der Waals surface area contributed by atoms with Gasteiger partial charge < -0.3 is 10.1 Å². The fraction of sp³-hybridized carbons (Fsp3) is 0.630. The maximum atomic E-state index is 6.41. The Balaban J connectivity index is 1.30. The number of hydrogen-bond acceptors (Lipinski definition) is 2. The standard InChI is InChI=1S/C27H35NO/c1-27(2)19-11-5-3-9-17(19)25-20(27)12-7-13-21(25)28-22-14-8-16-24-26(22)18-10-4-6-15-23(18)29-24/h7-9,11,13,16,18,20-23,25,28H,3-6,10,12,14-15H2,1-2H3. The van der Waals surface area contributed by atoms with Crippen molar-refractivity contribution in [1.82, 2.24) is 5.32 Å². The fourth-order valence-corrected chi connectivity index (χ4v) is 7.45. The molecule has 0 aromatic rings. The van der Waals surface area contributed by atoms with Gasteiger partial charge in [0.1, 0.15) is 11.9 Å². The zero-order valence-corrected chi connectivity index (χ0v) is 18.0. The van der Waals surface area contributed by atoms with Gasteiger partial charge >= 0.3 is 0 Å². The molecule has 2 fully saturated rings. The third kappa shape index (κ3) is 2.71. The van der Waals surface area contributed by atoms with E-state index in [1.54, 1.807) is 16.7 Å². The van der Waals surface area contributed by atoms with Gasteiger partial charge in [0.05, 0.1) is 0 Å². The summed E-state index contributed by atoms with van der Waals surface area (Å²) in [5.74, 6) is 3.19. The summed E-state index contributed by atoms with van der Waals surface area (Å²) in [6.07, 6.45) is 25.1. The zero-order chi connectivity index (χ0) is 19.6. The van der Waals surface area contributed by atoms with Gasteiger partial charge in [0.2, 0.25) is 0 Å². The zero-order valence-electron chi connectivity index (χ0n) is 18.0. The van der Waals surface area contributed by atoms with Gasteiger partial charge in [-0.2, -0.15) is 0 Å². The van der Waals surface area contributed by atoms with E-state index in [4.69, 9.17) is 4.74 Å². The molecule has 6 rings (SSSR count). The number of allylic oxidation sites excluding steroid dienone is 5. The minimum atomic E-state index is 0.295. The summed E-state index contributed by atoms with van der Waals surface area (Å²) in [4.78, 5) is 0. The third-order valence-electron chi connectivity index (χ3n) is 8.80. The van der Waals surface area contributed by atoms with Crippen LogP contribution in [0.25, 0.3) is 0 Å². The van der Waals surface area contributed by atoms with E-state index in [0.29, 0.717) is 35.4 Å². The van der Waals surface area contributed by atoms with Crippen LogP contribution in [-0.4, -0.2) is 18.2 Å². The second-order valence-corrected chi connectivity index (χ2v) is 10.6. The molecule has 154 valence electrons. The van der Waals surface area contributed by atoms with E-state index in [2.05, 4.69) is 55.6 Å². The van der Waals surface area contributed by atoms with E-state index in [1.807, 2.05) is 0 Å². The molecule has 29 heavy (non-hydrogen) atoms. The lowest BCUT2D eigenvalue weighted by Gasteiger charge is -2.39. The molecule has 0 radical (unpaired) electrons. The molecule has 6 unspecified atom stereocenters. The molecule has 1 heterocycles. The molecule has 0 aromatic carbocycles. The molecular weight excluding hydrogens is 354 g/mol. The SMILES string of the molecule is CC1(C)C2=CCCC=C2C2C(NC3CC=CC4=C3C3CCCCC3O4)C=CCC21. The average molecular weight is 390 g/mol. The molecule has 6 atom stereocenters. The van der Waals surface area contributed by atoms with E-state index >= 15 is 0 Å². The first-order valence-corrected chi connectivity index (χ1v) is 12.1. The number of fused-ring (bicyclic) bond motifs is 5. The van der Waals surface area contributed by atoms with Crippen LogP contribution < -0.4 is 5.32 Å². The van der Waals surface area contributed by atoms with Crippen molar-refractivity contribution in [1.29, 1.82) is 0 Å². The Bertz CT molecular complexity index is 854. The molecule has 1 aliphatic heterocycles. The Hall–Kier alpha value is -1.54. The summed E-state index contributed by atoms with van der Waals surface area (Å²) >= 11 is 0.